The number of likely N-dealkylation sites (tertiary alicyclic amines) is 2. The number of aromatic nitrogens is 6. The van der Waals surface area contributed by atoms with Gasteiger partial charge in [-0.1, -0.05) is 110 Å². The molecule has 2 unspecified atom stereocenters. The molecule has 107 heavy (non-hydrogen) atoms. The Hall–Kier alpha value is -12.0. The average molecular weight is 1470 g/mol. The maximum Gasteiger partial charge on any atom is 0.298 e. The number of anilines is 4. The molecule has 0 radical (unpaired) electrons. The summed E-state index contributed by atoms with van der Waals surface area (Å²) < 4.78 is 31.0. The molecular weight excluding hydrogens is 1380 g/mol. The van der Waals surface area contributed by atoms with Crippen LogP contribution in [0.2, 0.25) is 5.02 Å². The quantitative estimate of drug-likeness (QED) is 0.0260. The van der Waals surface area contributed by atoms with Crippen LogP contribution in [0.15, 0.2) is 176 Å². The molecule has 8 heterocycles. The first-order valence-electron chi connectivity index (χ1n) is 36.0. The molecule has 552 valence electrons. The number of ether oxygens (including phenoxy) is 2. The van der Waals surface area contributed by atoms with Gasteiger partial charge in [0.25, 0.3) is 23.6 Å². The van der Waals surface area contributed by atoms with E-state index in [1.54, 1.807) is 15.4 Å². The molecule has 26 heteroatoms. The van der Waals surface area contributed by atoms with Crippen LogP contribution >= 0.6 is 11.6 Å². The number of nitrogens with two attached hydrogens (primary N) is 3. The van der Waals surface area contributed by atoms with Gasteiger partial charge >= 0.3 is 0 Å². The van der Waals surface area contributed by atoms with Crippen LogP contribution in [0.3, 0.4) is 0 Å². The second-order valence-electron chi connectivity index (χ2n) is 26.5. The number of hydrogen-bond donors (Lipinski definition) is 8. The van der Waals surface area contributed by atoms with Crippen molar-refractivity contribution in [3.8, 4) is 62.9 Å². The lowest BCUT2D eigenvalue weighted by Crippen LogP contribution is -2.41. The van der Waals surface area contributed by atoms with Gasteiger partial charge in [-0.25, -0.2) is 18.4 Å². The van der Waals surface area contributed by atoms with Crippen LogP contribution in [0.5, 0.6) is 17.2 Å². The fourth-order valence-electron chi connectivity index (χ4n) is 14.1. The van der Waals surface area contributed by atoms with Gasteiger partial charge in [0.1, 0.15) is 80.9 Å². The number of primary amides is 3. The molecule has 0 bridgehead atoms. The molecule has 0 saturated carbocycles. The summed E-state index contributed by atoms with van der Waals surface area (Å²) in [6.45, 7) is 12.5. The molecule has 5 aliphatic rings. The van der Waals surface area contributed by atoms with Gasteiger partial charge in [-0.15, -0.1) is 0 Å². The molecule has 0 spiro atoms. The van der Waals surface area contributed by atoms with E-state index in [2.05, 4.69) is 55.0 Å². The number of piperidine rings is 2. The van der Waals surface area contributed by atoms with E-state index in [0.717, 1.165) is 79.9 Å². The fraction of sp³-hybridized carbons (Fsp3) is 0.296. The van der Waals surface area contributed by atoms with E-state index in [0.29, 0.717) is 127 Å². The molecule has 24 nitrogen and oxygen atoms in total. The van der Waals surface area contributed by atoms with Crippen LogP contribution in [-0.2, 0) is 21.0 Å². The predicted octanol–water partition coefficient (Wildman–Crippen LogP) is 12.2. The Kier molecular flexibility index (Phi) is 24.6. The maximum atomic E-state index is 13.8. The van der Waals surface area contributed by atoms with Crippen molar-refractivity contribution in [1.82, 2.24) is 44.5 Å². The Morgan fingerprint density at radius 2 is 1.18 bits per heavy atom. The van der Waals surface area contributed by atoms with E-state index in [1.165, 1.54) is 43.5 Å². The second-order valence-corrected chi connectivity index (χ2v) is 26.9. The lowest BCUT2D eigenvalue weighted by atomic mass is 9.87. The smallest absolute Gasteiger partial charge is 0.298 e. The number of benzene rings is 6. The Bertz CT molecular complexity index is 4790. The van der Waals surface area contributed by atoms with Crippen molar-refractivity contribution < 1.29 is 42.6 Å². The van der Waals surface area contributed by atoms with Crippen LogP contribution in [-0.4, -0.2) is 133 Å². The summed E-state index contributed by atoms with van der Waals surface area (Å²) in [6, 6.07) is 45.9. The second kappa shape index (κ2) is 35.2. The summed E-state index contributed by atoms with van der Waals surface area (Å²) in [7, 11) is 0. The molecule has 14 rings (SSSR count). The third-order valence-electron chi connectivity index (χ3n) is 19.4. The molecule has 5 aliphatic heterocycles. The van der Waals surface area contributed by atoms with E-state index in [4.69, 9.17) is 48.5 Å². The highest BCUT2D eigenvalue weighted by atomic mass is 35.5. The number of hydrogen-bond acceptors (Lipinski definition) is 15. The van der Waals surface area contributed by atoms with E-state index >= 15 is 0 Å². The van der Waals surface area contributed by atoms with Gasteiger partial charge in [0.2, 0.25) is 11.8 Å². The summed E-state index contributed by atoms with van der Waals surface area (Å²) in [5.74, 6) is 6.98. The number of halogens is 2. The van der Waals surface area contributed by atoms with E-state index in [1.807, 2.05) is 156 Å². The number of amides is 6. The Balaban J connectivity index is 0.000000151. The van der Waals surface area contributed by atoms with Gasteiger partial charge in [0.15, 0.2) is 0 Å². The van der Waals surface area contributed by atoms with Gasteiger partial charge in [0.05, 0.1) is 23.1 Å². The summed E-state index contributed by atoms with van der Waals surface area (Å²) in [6.07, 6.45) is 13.1. The summed E-state index contributed by atoms with van der Waals surface area (Å²) in [4.78, 5) is 78.2. The average Bonchev–Trinajstić information content (AvgIpc) is 1.63. The van der Waals surface area contributed by atoms with Crippen molar-refractivity contribution in [3.63, 3.8) is 0 Å². The molecule has 11 N–H and O–H groups in total. The number of nitrogens with one attached hydrogen (secondary N) is 5. The number of fused-ring (bicyclic) bond motifs is 3. The van der Waals surface area contributed by atoms with Gasteiger partial charge < -0.3 is 58.2 Å². The SMILES string of the molecule is C=CC(=O)NCC1CCNc2c(C(N)=O)c(-c3ccc(OCc4ccccc4)cc3)nn21.CCC#CC(=O)N1CCC([C@@H]2CCNc3c(C(N)=O)c(-c4ccc(Oc5ccccc5)cc4)nn32)CC1.NC(=O)c1c(-c2ccc(F)c(Cl)c2)nn2c1NCCC2c1ccccc1NC(=O)/C=C/CN1CCCCC1. The third kappa shape index (κ3) is 18.0. The van der Waals surface area contributed by atoms with Crippen molar-refractivity contribution in [2.45, 2.75) is 89.4 Å². The van der Waals surface area contributed by atoms with Crippen LogP contribution < -0.4 is 53.3 Å². The lowest BCUT2D eigenvalue weighted by Gasteiger charge is -2.37. The molecule has 0 aliphatic carbocycles. The first kappa shape index (κ1) is 74.7. The molecule has 6 amide bonds. The number of rotatable bonds is 20. The van der Waals surface area contributed by atoms with Crippen molar-refractivity contribution in [2.75, 3.05) is 80.2 Å². The van der Waals surface area contributed by atoms with E-state index in [9.17, 15) is 33.2 Å². The maximum absolute atomic E-state index is 13.8. The largest absolute Gasteiger partial charge is 0.489 e. The molecule has 3 atom stereocenters. The molecule has 6 aromatic carbocycles. The number of carbonyl (C=O) groups excluding carboxylic acids is 6. The standard InChI is InChI=1S/C29H31N5O3.C28H30ClFN6O2.C24H25N5O3/c1-2-3-9-25(35)33-18-15-20(16-19-33)24-14-17-31-29-26(28(30)36)27(32-34(24)29)21-10-12-23(13-11-21)37-22-7-5-4-6-8-22;29-20-17-18(10-11-21(20)30)26-25(27(31)38)28-32-13-12-23(36(28)34-26)19-7-2-3-8-22(19)33-24(37)9-6-16-35-14-4-1-5-15-35;1-2-20(30)27-14-18-12-13-26-24-21(23(25)31)22(28-29(18)24)17-8-10-19(11-9-17)32-15-16-6-4-3-5-7-16/h4-8,10-13,20,24,31H,2,14-19H2,1H3,(H2,30,36);2-3,6-11,17,23,32H,1,4-5,12-16H2,(H2,31,38)(H,33,37);2-11,18,26H,1,12-15H2,(H2,25,31)(H,27,30)/b;9-6+;/t24-;;/m0../s1. The topological polar surface area (TPSA) is 319 Å². The first-order chi connectivity index (χ1) is 52.0. The van der Waals surface area contributed by atoms with E-state index in [-0.39, 0.29) is 46.4 Å². The van der Waals surface area contributed by atoms with Gasteiger partial charge in [0, 0.05) is 86.3 Å². The molecule has 2 saturated heterocycles. The zero-order valence-corrected chi connectivity index (χ0v) is 60.2. The van der Waals surface area contributed by atoms with Crippen molar-refractivity contribution >= 4 is 70.2 Å². The Morgan fingerprint density at radius 3 is 1.81 bits per heavy atom. The minimum absolute atomic E-state index is 0.0743. The van der Waals surface area contributed by atoms with Gasteiger partial charge in [-0.05, 0) is 166 Å². The van der Waals surface area contributed by atoms with Crippen LogP contribution in [0, 0.1) is 23.6 Å². The lowest BCUT2D eigenvalue weighted by molar-refractivity contribution is -0.126. The number of nitrogens with zero attached hydrogens (tertiary/aromatic N) is 8. The number of carbonyl (C=O) groups is 6. The summed E-state index contributed by atoms with van der Waals surface area (Å²) >= 11 is 6.01. The minimum atomic E-state index is -0.657. The van der Waals surface area contributed by atoms with Crippen molar-refractivity contribution in [3.05, 3.63) is 215 Å². The van der Waals surface area contributed by atoms with Crippen LogP contribution in [0.1, 0.15) is 125 Å². The highest BCUT2D eigenvalue weighted by Crippen LogP contribution is 2.43. The zero-order valence-electron chi connectivity index (χ0n) is 59.4. The minimum Gasteiger partial charge on any atom is -0.489 e. The summed E-state index contributed by atoms with van der Waals surface area (Å²) in [5, 5.41) is 29.9. The predicted molar refractivity (Wildman–Crippen MR) is 411 cm³/mol. The highest BCUT2D eigenvalue weighted by Gasteiger charge is 2.37. The van der Waals surface area contributed by atoms with Crippen LogP contribution in [0.25, 0.3) is 33.8 Å². The molecule has 9 aromatic rings. The van der Waals surface area contributed by atoms with E-state index < -0.39 is 23.5 Å². The van der Waals surface area contributed by atoms with Crippen molar-refractivity contribution in [1.29, 1.82) is 0 Å². The first-order valence-corrected chi connectivity index (χ1v) is 36.4. The van der Waals surface area contributed by atoms with Gasteiger partial charge in [-0.2, -0.15) is 15.3 Å². The summed E-state index contributed by atoms with van der Waals surface area (Å²) in [5.41, 5.74) is 24.3. The van der Waals surface area contributed by atoms with Crippen molar-refractivity contribution in [2.24, 2.45) is 23.1 Å². The highest BCUT2D eigenvalue weighted by molar-refractivity contribution is 6.31. The monoisotopic (exact) mass is 1460 g/mol. The number of para-hydroxylation sites is 2. The zero-order chi connectivity index (χ0) is 74.9. The molecule has 3 aromatic heterocycles. The van der Waals surface area contributed by atoms with Crippen LogP contribution in [0.4, 0.5) is 27.5 Å². The molecular formula is C81H86ClFN16O8. The van der Waals surface area contributed by atoms with Gasteiger partial charge in [-0.3, -0.25) is 33.7 Å². The Morgan fingerprint density at radius 1 is 0.626 bits per heavy atom. The normalized spacial score (nSPS) is 16.6. The third-order valence-corrected chi connectivity index (χ3v) is 19.7. The molecule has 2 fully saturated rings. The fourth-order valence-corrected chi connectivity index (χ4v) is 14.3. The Labute approximate surface area is 624 Å².